The van der Waals surface area contributed by atoms with Crippen LogP contribution in [0.4, 0.5) is 11.4 Å². The van der Waals surface area contributed by atoms with E-state index in [2.05, 4.69) is 0 Å². The van der Waals surface area contributed by atoms with Gasteiger partial charge in [-0.05, 0) is 23.1 Å². The molecule has 0 aliphatic carbocycles. The van der Waals surface area contributed by atoms with Gasteiger partial charge in [0.05, 0.1) is 11.4 Å². The minimum atomic E-state index is -0.617. The fraction of sp³-hybridized carbons (Fsp3) is 0.400. The number of hydrogen-bond donors (Lipinski definition) is 3. The molecule has 17 heavy (non-hydrogen) atoms. The topological polar surface area (TPSA) is 113 Å². The number of hydrogen-bond acceptors (Lipinski definition) is 7. The van der Waals surface area contributed by atoms with Gasteiger partial charge in [0.1, 0.15) is 0 Å². The molecule has 0 spiro atoms. The lowest BCUT2D eigenvalue weighted by Crippen LogP contribution is -2.21. The van der Waals surface area contributed by atoms with Gasteiger partial charge in [0.15, 0.2) is 0 Å². The summed E-state index contributed by atoms with van der Waals surface area (Å²) in [5.74, 6) is -0.617. The van der Waals surface area contributed by atoms with E-state index in [1.54, 1.807) is 20.8 Å². The van der Waals surface area contributed by atoms with Crippen molar-refractivity contribution < 1.29 is 20.7 Å². The van der Waals surface area contributed by atoms with Crippen molar-refractivity contribution in [2.24, 2.45) is 0 Å². The van der Waals surface area contributed by atoms with E-state index < -0.39 is 22.1 Å². The van der Waals surface area contributed by atoms with Crippen LogP contribution in [0.25, 0.3) is 0 Å². The summed E-state index contributed by atoms with van der Waals surface area (Å²) >= 11 is 0. The SMILES string of the molecule is CC(C)(C)c1cc(N([O-])O)cc(N(O)O)c1[O-]. The number of anilines is 2. The zero-order chi connectivity index (χ0) is 13.4. The summed E-state index contributed by atoms with van der Waals surface area (Å²) in [6.07, 6.45) is 0. The summed E-state index contributed by atoms with van der Waals surface area (Å²) in [5.41, 5.74) is -1.17. The maximum absolute atomic E-state index is 11.9. The first kappa shape index (κ1) is 13.5. The maximum Gasteiger partial charge on any atom is 0.0888 e. The quantitative estimate of drug-likeness (QED) is 0.670. The van der Waals surface area contributed by atoms with Crippen LogP contribution >= 0.6 is 0 Å². The molecule has 0 radical (unpaired) electrons. The molecule has 0 aliphatic heterocycles. The Balaban J connectivity index is 3.49. The van der Waals surface area contributed by atoms with Crippen molar-refractivity contribution in [1.82, 2.24) is 0 Å². The van der Waals surface area contributed by atoms with Gasteiger partial charge in [-0.15, -0.1) is 5.23 Å². The molecule has 0 heterocycles. The van der Waals surface area contributed by atoms with Crippen molar-refractivity contribution in [3.05, 3.63) is 22.9 Å². The van der Waals surface area contributed by atoms with Gasteiger partial charge in [-0.1, -0.05) is 26.5 Å². The van der Waals surface area contributed by atoms with Crippen molar-refractivity contribution >= 4 is 11.4 Å². The smallest absolute Gasteiger partial charge is 0.0888 e. The van der Waals surface area contributed by atoms with Gasteiger partial charge < -0.3 is 15.5 Å². The Morgan fingerprint density at radius 3 is 2.00 bits per heavy atom. The first-order chi connectivity index (χ1) is 7.64. The van der Waals surface area contributed by atoms with E-state index in [-0.39, 0.29) is 16.5 Å². The molecule has 1 aromatic carbocycles. The Kier molecular flexibility index (Phi) is 3.48. The second-order valence-electron chi connectivity index (χ2n) is 4.65. The van der Waals surface area contributed by atoms with Gasteiger partial charge in [0.25, 0.3) is 0 Å². The third-order valence-corrected chi connectivity index (χ3v) is 2.30. The summed E-state index contributed by atoms with van der Waals surface area (Å²) in [4.78, 5) is 0. The van der Waals surface area contributed by atoms with Crippen molar-refractivity contribution in [1.29, 1.82) is 0 Å². The molecular weight excluding hydrogens is 228 g/mol. The number of benzene rings is 1. The van der Waals surface area contributed by atoms with Crippen LogP contribution < -0.4 is 15.6 Å². The molecule has 0 aliphatic rings. The van der Waals surface area contributed by atoms with Gasteiger partial charge in [-0.25, -0.2) is 0 Å². The normalized spacial score (nSPS) is 11.5. The average Bonchev–Trinajstić information content (AvgIpc) is 2.15. The van der Waals surface area contributed by atoms with Crippen molar-refractivity contribution in [2.75, 3.05) is 10.5 Å². The van der Waals surface area contributed by atoms with Crippen LogP contribution in [0.3, 0.4) is 0 Å². The number of nitrogens with zero attached hydrogens (tertiary/aromatic N) is 2. The lowest BCUT2D eigenvalue weighted by atomic mass is 9.85. The van der Waals surface area contributed by atoms with Crippen LogP contribution in [-0.2, 0) is 5.41 Å². The third kappa shape index (κ3) is 2.77. The predicted molar refractivity (Wildman–Crippen MR) is 58.3 cm³/mol. The third-order valence-electron chi connectivity index (χ3n) is 2.30. The Labute approximate surface area is 98.2 Å². The van der Waals surface area contributed by atoms with Crippen LogP contribution in [0.2, 0.25) is 0 Å². The monoisotopic (exact) mass is 242 g/mol. The van der Waals surface area contributed by atoms with Gasteiger partial charge in [-0.2, -0.15) is 0 Å². The Morgan fingerprint density at radius 2 is 1.65 bits per heavy atom. The van der Waals surface area contributed by atoms with Crippen molar-refractivity contribution in [3.8, 4) is 5.75 Å². The predicted octanol–water partition coefficient (Wildman–Crippen LogP) is 1.34. The van der Waals surface area contributed by atoms with E-state index in [0.717, 1.165) is 6.07 Å². The second-order valence-corrected chi connectivity index (χ2v) is 4.65. The van der Waals surface area contributed by atoms with Crippen LogP contribution in [0.15, 0.2) is 12.1 Å². The molecule has 0 unspecified atom stereocenters. The van der Waals surface area contributed by atoms with E-state index in [0.29, 0.717) is 0 Å². The molecule has 0 amide bonds. The van der Waals surface area contributed by atoms with E-state index in [4.69, 9.17) is 15.6 Å². The Hall–Kier alpha value is -1.54. The fourth-order valence-electron chi connectivity index (χ4n) is 1.41. The van der Waals surface area contributed by atoms with Crippen LogP contribution in [-0.4, -0.2) is 15.6 Å². The highest BCUT2D eigenvalue weighted by atomic mass is 16.8. The van der Waals surface area contributed by atoms with Crippen LogP contribution in [0, 0.1) is 5.21 Å². The number of rotatable bonds is 2. The largest absolute Gasteiger partial charge is 0.871 e. The van der Waals surface area contributed by atoms with E-state index in [1.807, 2.05) is 0 Å². The van der Waals surface area contributed by atoms with Crippen LogP contribution in [0.5, 0.6) is 5.75 Å². The molecule has 0 atom stereocenters. The van der Waals surface area contributed by atoms with E-state index in [1.165, 1.54) is 6.07 Å². The van der Waals surface area contributed by atoms with Gasteiger partial charge >= 0.3 is 0 Å². The highest BCUT2D eigenvalue weighted by molar-refractivity contribution is 5.68. The van der Waals surface area contributed by atoms with Crippen molar-refractivity contribution in [2.45, 2.75) is 26.2 Å². The summed E-state index contributed by atoms with van der Waals surface area (Å²) in [5, 5.41) is 48.4. The molecule has 7 nitrogen and oxygen atoms in total. The first-order valence-corrected chi connectivity index (χ1v) is 4.84. The zero-order valence-corrected chi connectivity index (χ0v) is 9.71. The molecule has 0 saturated heterocycles. The van der Waals surface area contributed by atoms with Gasteiger partial charge in [0.2, 0.25) is 0 Å². The van der Waals surface area contributed by atoms with E-state index >= 15 is 0 Å². The average molecular weight is 242 g/mol. The molecule has 7 heteroatoms. The Bertz CT molecular complexity index is 412. The minimum absolute atomic E-state index is 0.188. The molecule has 3 N–H and O–H groups in total. The highest BCUT2D eigenvalue weighted by Crippen LogP contribution is 2.38. The lowest BCUT2D eigenvalue weighted by Gasteiger charge is -2.32. The Morgan fingerprint density at radius 1 is 1.12 bits per heavy atom. The molecule has 0 aromatic heterocycles. The summed E-state index contributed by atoms with van der Waals surface area (Å²) in [6.45, 7) is 5.18. The van der Waals surface area contributed by atoms with Crippen LogP contribution in [0.1, 0.15) is 26.3 Å². The fourth-order valence-corrected chi connectivity index (χ4v) is 1.41. The summed E-state index contributed by atoms with van der Waals surface area (Å²) in [7, 11) is 0. The maximum atomic E-state index is 11.9. The molecule has 0 saturated carbocycles. The second kappa shape index (κ2) is 4.38. The molecule has 96 valence electrons. The molecule has 0 fully saturated rings. The minimum Gasteiger partial charge on any atom is -0.871 e. The van der Waals surface area contributed by atoms with E-state index in [9.17, 15) is 10.3 Å². The van der Waals surface area contributed by atoms with Gasteiger partial charge in [-0.3, -0.25) is 15.6 Å². The first-order valence-electron chi connectivity index (χ1n) is 4.84. The highest BCUT2D eigenvalue weighted by Gasteiger charge is 2.19. The lowest BCUT2D eigenvalue weighted by molar-refractivity contribution is -0.270. The zero-order valence-electron chi connectivity index (χ0n) is 9.71. The van der Waals surface area contributed by atoms with Crippen molar-refractivity contribution in [3.63, 3.8) is 0 Å². The summed E-state index contributed by atoms with van der Waals surface area (Å²) < 4.78 is 0. The molecular formula is C10H14N2O5-2. The summed E-state index contributed by atoms with van der Waals surface area (Å²) in [6, 6.07) is 2.09. The molecule has 1 aromatic rings. The standard InChI is InChI=1S/C10H15N2O5/c1-10(2,3)7-4-6(11(14)15)5-8(9(7)13)12(16)17/h4-5,13-14,16-17H,1-3H3/q-1/p-1. The molecule has 1 rings (SSSR count). The van der Waals surface area contributed by atoms with Gasteiger partial charge in [0, 0.05) is 0 Å². The molecule has 0 bridgehead atoms.